The topological polar surface area (TPSA) is 38.5 Å². The summed E-state index contributed by atoms with van der Waals surface area (Å²) in [6.45, 7) is 9.15. The van der Waals surface area contributed by atoms with Crippen LogP contribution in [0.5, 0.6) is 0 Å². The van der Waals surface area contributed by atoms with E-state index in [4.69, 9.17) is 6.57 Å². The monoisotopic (exact) mass is 349 g/mol. The lowest BCUT2D eigenvalue weighted by Gasteiger charge is -2.09. The van der Waals surface area contributed by atoms with Gasteiger partial charge in [0.15, 0.2) is 0 Å². The summed E-state index contributed by atoms with van der Waals surface area (Å²) in [4.78, 5) is 3.49. The first kappa shape index (κ1) is 14.8. The molecule has 3 nitrogen and oxygen atoms in total. The fourth-order valence-corrected chi connectivity index (χ4v) is 3.94. The first-order chi connectivity index (χ1) is 9.46. The van der Waals surface area contributed by atoms with E-state index in [1.165, 1.54) is 0 Å². The molecule has 0 radical (unpaired) electrons. The highest BCUT2D eigenvalue weighted by Crippen LogP contribution is 2.34. The number of rotatable bonds is 3. The van der Waals surface area contributed by atoms with Crippen molar-refractivity contribution in [2.24, 2.45) is 0 Å². The molecule has 0 N–H and O–H groups in total. The molecule has 5 heteroatoms. The molecule has 102 valence electrons. The standard InChI is InChI=1S/C15H12BrNO2S/c1-11-7-9-12(10-8-11)20(18,19)15(17-2)13-5-3-4-6-14(13)16/h3-10,15H,1H3/t15-/m1/s1. The summed E-state index contributed by atoms with van der Waals surface area (Å²) in [6, 6.07) is 13.4. The summed E-state index contributed by atoms with van der Waals surface area (Å²) >= 11 is 3.31. The molecular formula is C15H12BrNO2S. The molecule has 2 aromatic carbocycles. The molecular weight excluding hydrogens is 338 g/mol. The molecule has 0 aliphatic rings. The molecule has 0 saturated heterocycles. The second-order valence-electron chi connectivity index (χ2n) is 4.36. The Bertz CT molecular complexity index is 761. The van der Waals surface area contributed by atoms with E-state index >= 15 is 0 Å². The van der Waals surface area contributed by atoms with Crippen LogP contribution in [0.4, 0.5) is 0 Å². The molecule has 1 atom stereocenters. The van der Waals surface area contributed by atoms with Crippen molar-refractivity contribution >= 4 is 25.8 Å². The zero-order chi connectivity index (χ0) is 14.8. The Labute approximate surface area is 127 Å². The molecule has 0 heterocycles. The first-order valence-electron chi connectivity index (χ1n) is 5.88. The molecule has 0 aliphatic carbocycles. The van der Waals surface area contributed by atoms with E-state index in [2.05, 4.69) is 20.8 Å². The van der Waals surface area contributed by atoms with Gasteiger partial charge in [0.25, 0.3) is 9.84 Å². The Morgan fingerprint density at radius 1 is 1.10 bits per heavy atom. The van der Waals surface area contributed by atoms with Crippen LogP contribution in [-0.4, -0.2) is 8.42 Å². The molecule has 0 bridgehead atoms. The van der Waals surface area contributed by atoms with Crippen LogP contribution in [0, 0.1) is 13.5 Å². The van der Waals surface area contributed by atoms with E-state index in [9.17, 15) is 8.42 Å². The maximum absolute atomic E-state index is 12.6. The van der Waals surface area contributed by atoms with E-state index in [0.717, 1.165) is 5.56 Å². The second-order valence-corrected chi connectivity index (χ2v) is 7.22. The van der Waals surface area contributed by atoms with Gasteiger partial charge >= 0.3 is 5.37 Å². The van der Waals surface area contributed by atoms with Gasteiger partial charge in [-0.1, -0.05) is 45.8 Å². The number of hydrogen-bond acceptors (Lipinski definition) is 2. The van der Waals surface area contributed by atoms with Crippen LogP contribution < -0.4 is 0 Å². The quantitative estimate of drug-likeness (QED) is 0.780. The molecule has 2 aromatic rings. The van der Waals surface area contributed by atoms with Crippen molar-refractivity contribution < 1.29 is 8.42 Å². The molecule has 0 aromatic heterocycles. The number of sulfone groups is 1. The number of aryl methyl sites for hydroxylation is 1. The van der Waals surface area contributed by atoms with E-state index in [1.807, 2.05) is 6.92 Å². The van der Waals surface area contributed by atoms with Crippen molar-refractivity contribution in [3.05, 3.63) is 75.5 Å². The van der Waals surface area contributed by atoms with Gasteiger partial charge in [-0.15, -0.1) is 0 Å². The van der Waals surface area contributed by atoms with E-state index in [1.54, 1.807) is 48.5 Å². The van der Waals surface area contributed by atoms with Gasteiger partial charge in [-0.3, -0.25) is 4.85 Å². The van der Waals surface area contributed by atoms with Gasteiger partial charge < -0.3 is 0 Å². The summed E-state index contributed by atoms with van der Waals surface area (Å²) < 4.78 is 25.8. The third-order valence-corrected chi connectivity index (χ3v) is 5.53. The van der Waals surface area contributed by atoms with Gasteiger partial charge in [-0.05, 0) is 31.2 Å². The molecule has 0 amide bonds. The molecule has 0 fully saturated rings. The van der Waals surface area contributed by atoms with Crippen LogP contribution in [-0.2, 0) is 9.84 Å². The predicted octanol–water partition coefficient (Wildman–Crippen LogP) is 4.15. The van der Waals surface area contributed by atoms with Crippen LogP contribution in [0.25, 0.3) is 4.85 Å². The van der Waals surface area contributed by atoms with Crippen molar-refractivity contribution in [3.63, 3.8) is 0 Å². The minimum absolute atomic E-state index is 0.167. The van der Waals surface area contributed by atoms with Crippen molar-refractivity contribution in [2.45, 2.75) is 17.2 Å². The van der Waals surface area contributed by atoms with Gasteiger partial charge in [0.1, 0.15) is 0 Å². The summed E-state index contributed by atoms with van der Waals surface area (Å²) in [5.41, 5.74) is 1.44. The fourth-order valence-electron chi connectivity index (χ4n) is 1.84. The molecule has 20 heavy (non-hydrogen) atoms. The number of halogens is 1. The fraction of sp³-hybridized carbons (Fsp3) is 0.133. The van der Waals surface area contributed by atoms with Gasteiger partial charge in [0, 0.05) is 4.47 Å². The highest BCUT2D eigenvalue weighted by molar-refractivity contribution is 9.10. The SMILES string of the molecule is [C-]#[N+][C@@H](c1ccccc1Br)S(=O)(=O)c1ccc(C)cc1. The average molecular weight is 350 g/mol. The zero-order valence-corrected chi connectivity index (χ0v) is 13.1. The summed E-state index contributed by atoms with van der Waals surface area (Å²) in [5, 5.41) is -1.24. The maximum atomic E-state index is 12.6. The maximum Gasteiger partial charge on any atom is 0.351 e. The first-order valence-corrected chi connectivity index (χ1v) is 8.22. The minimum Gasteiger partial charge on any atom is -0.291 e. The van der Waals surface area contributed by atoms with Crippen molar-refractivity contribution in [2.75, 3.05) is 0 Å². The highest BCUT2D eigenvalue weighted by atomic mass is 79.9. The van der Waals surface area contributed by atoms with Gasteiger partial charge in [-0.2, -0.15) is 0 Å². The Hall–Kier alpha value is -1.64. The lowest BCUT2D eigenvalue weighted by Crippen LogP contribution is -2.11. The normalized spacial score (nSPS) is 12.7. The summed E-state index contributed by atoms with van der Waals surface area (Å²) in [7, 11) is -3.73. The largest absolute Gasteiger partial charge is 0.351 e. The average Bonchev–Trinajstić information content (AvgIpc) is 2.42. The van der Waals surface area contributed by atoms with E-state index in [-0.39, 0.29) is 4.90 Å². The molecule has 0 saturated carbocycles. The lowest BCUT2D eigenvalue weighted by atomic mass is 10.2. The Morgan fingerprint density at radius 2 is 1.70 bits per heavy atom. The van der Waals surface area contributed by atoms with E-state index < -0.39 is 15.2 Å². The van der Waals surface area contributed by atoms with Crippen molar-refractivity contribution in [1.29, 1.82) is 0 Å². The highest BCUT2D eigenvalue weighted by Gasteiger charge is 2.35. The lowest BCUT2D eigenvalue weighted by molar-refractivity contribution is 0.590. The van der Waals surface area contributed by atoms with Crippen LogP contribution in [0.2, 0.25) is 0 Å². The zero-order valence-electron chi connectivity index (χ0n) is 10.7. The Morgan fingerprint density at radius 3 is 2.25 bits per heavy atom. The van der Waals surface area contributed by atoms with Gasteiger partial charge in [-0.25, -0.2) is 15.0 Å². The van der Waals surface area contributed by atoms with Gasteiger partial charge in [0.05, 0.1) is 10.5 Å². The van der Waals surface area contributed by atoms with Crippen LogP contribution >= 0.6 is 15.9 Å². The van der Waals surface area contributed by atoms with Crippen LogP contribution in [0.1, 0.15) is 16.5 Å². The van der Waals surface area contributed by atoms with Crippen molar-refractivity contribution in [1.82, 2.24) is 0 Å². The number of nitrogens with zero attached hydrogens (tertiary/aromatic N) is 1. The van der Waals surface area contributed by atoms with Crippen LogP contribution in [0.15, 0.2) is 57.9 Å². The number of benzene rings is 2. The van der Waals surface area contributed by atoms with Crippen molar-refractivity contribution in [3.8, 4) is 0 Å². The Balaban J connectivity index is 2.55. The summed E-state index contributed by atoms with van der Waals surface area (Å²) in [6.07, 6.45) is 0. The summed E-state index contributed by atoms with van der Waals surface area (Å²) in [5.74, 6) is 0. The molecule has 0 spiro atoms. The number of hydrogen-bond donors (Lipinski definition) is 0. The third-order valence-electron chi connectivity index (χ3n) is 2.93. The molecule has 0 aliphatic heterocycles. The Kier molecular flexibility index (Phi) is 4.26. The second kappa shape index (κ2) is 5.78. The minimum atomic E-state index is -3.73. The third kappa shape index (κ3) is 2.77. The smallest absolute Gasteiger partial charge is 0.291 e. The predicted molar refractivity (Wildman–Crippen MR) is 81.8 cm³/mol. The molecule has 0 unspecified atom stereocenters. The van der Waals surface area contributed by atoms with Crippen LogP contribution in [0.3, 0.4) is 0 Å². The van der Waals surface area contributed by atoms with Gasteiger partial charge in [0.2, 0.25) is 0 Å². The molecule has 2 rings (SSSR count). The van der Waals surface area contributed by atoms with E-state index in [0.29, 0.717) is 10.0 Å².